The number of rotatable bonds is 6. The van der Waals surface area contributed by atoms with Crippen molar-refractivity contribution in [3.63, 3.8) is 0 Å². The van der Waals surface area contributed by atoms with E-state index in [1.54, 1.807) is 13.8 Å². The molecule has 1 N–H and O–H groups in total. The molecular formula is C17H25N5O3. The first-order chi connectivity index (χ1) is 12.0. The lowest BCUT2D eigenvalue weighted by Gasteiger charge is -2.23. The Hall–Kier alpha value is -2.22. The molecule has 1 amide bonds. The summed E-state index contributed by atoms with van der Waals surface area (Å²) < 4.78 is 6.40. The quantitative estimate of drug-likeness (QED) is 0.838. The Morgan fingerprint density at radius 3 is 2.76 bits per heavy atom. The van der Waals surface area contributed by atoms with Gasteiger partial charge in [-0.15, -0.1) is 0 Å². The fraction of sp³-hybridized carbons (Fsp3) is 0.647. The monoisotopic (exact) mass is 347 g/mol. The third-order valence-electron chi connectivity index (χ3n) is 4.91. The van der Waals surface area contributed by atoms with Crippen molar-refractivity contribution in [1.29, 1.82) is 0 Å². The molecule has 1 atom stereocenters. The topological polar surface area (TPSA) is 93.3 Å². The van der Waals surface area contributed by atoms with E-state index in [1.165, 1.54) is 17.4 Å². The third kappa shape index (κ3) is 3.73. The molecule has 3 heterocycles. The minimum absolute atomic E-state index is 0.0453. The normalized spacial score (nSPS) is 16.4. The van der Waals surface area contributed by atoms with Gasteiger partial charge < -0.3 is 14.7 Å². The van der Waals surface area contributed by atoms with E-state index in [0.29, 0.717) is 29.5 Å². The highest BCUT2D eigenvalue weighted by Crippen LogP contribution is 2.13. The van der Waals surface area contributed by atoms with E-state index < -0.39 is 0 Å². The molecule has 1 aliphatic heterocycles. The van der Waals surface area contributed by atoms with E-state index in [2.05, 4.69) is 27.3 Å². The van der Waals surface area contributed by atoms with Crippen molar-refractivity contribution in [3.05, 3.63) is 21.9 Å². The molecule has 1 fully saturated rings. The van der Waals surface area contributed by atoms with Gasteiger partial charge in [0, 0.05) is 12.6 Å². The number of aryl methyl sites for hydroxylation is 2. The number of fused-ring (bicyclic) bond motifs is 1. The Morgan fingerprint density at radius 1 is 1.32 bits per heavy atom. The summed E-state index contributed by atoms with van der Waals surface area (Å²) in [6.07, 6.45) is 3.43. The maximum absolute atomic E-state index is 12.6. The van der Waals surface area contributed by atoms with Crippen molar-refractivity contribution in [2.75, 3.05) is 19.6 Å². The summed E-state index contributed by atoms with van der Waals surface area (Å²) in [5.74, 6) is 0.253. The molecule has 1 saturated heterocycles. The number of aromatic nitrogens is 3. The highest BCUT2D eigenvalue weighted by atomic mass is 16.5. The van der Waals surface area contributed by atoms with Crippen LogP contribution in [0.1, 0.15) is 37.7 Å². The van der Waals surface area contributed by atoms with Crippen LogP contribution in [0, 0.1) is 13.8 Å². The maximum Gasteiger partial charge on any atom is 0.267 e. The zero-order valence-corrected chi connectivity index (χ0v) is 15.0. The van der Waals surface area contributed by atoms with Crippen LogP contribution in [0.15, 0.2) is 9.32 Å². The molecule has 0 radical (unpaired) electrons. The number of nitrogens with one attached hydrogen (secondary N) is 1. The predicted octanol–water partition coefficient (Wildman–Crippen LogP) is 0.992. The van der Waals surface area contributed by atoms with Crippen molar-refractivity contribution in [3.8, 4) is 0 Å². The average Bonchev–Trinajstić information content (AvgIpc) is 3.21. The van der Waals surface area contributed by atoms with E-state index >= 15 is 0 Å². The molecule has 0 spiro atoms. The number of carbonyl (C=O) groups excluding carboxylic acids is 1. The molecule has 2 aromatic heterocycles. The summed E-state index contributed by atoms with van der Waals surface area (Å²) in [4.78, 5) is 31.5. The Bertz CT molecular complexity index is 820. The molecule has 0 bridgehead atoms. The first-order valence-electron chi connectivity index (χ1n) is 8.81. The van der Waals surface area contributed by atoms with Gasteiger partial charge in [-0.1, -0.05) is 5.16 Å². The fourth-order valence-corrected chi connectivity index (χ4v) is 3.34. The standard InChI is InChI=1S/C17H25N5O3/c1-11(21-8-4-5-9-21)6-7-18-14(23)10-22-13(3)19-16-15(17(22)24)12(2)20-25-16/h11H,4-10H2,1-3H3,(H,18,23)/t11-/m1/s1. The second-order valence-electron chi connectivity index (χ2n) is 6.73. The van der Waals surface area contributed by atoms with Crippen LogP contribution in [0.25, 0.3) is 11.1 Å². The van der Waals surface area contributed by atoms with Crippen molar-refractivity contribution in [2.45, 2.75) is 52.6 Å². The summed E-state index contributed by atoms with van der Waals surface area (Å²) >= 11 is 0. The number of nitrogens with zero attached hydrogens (tertiary/aromatic N) is 4. The lowest BCUT2D eigenvalue weighted by atomic mass is 10.2. The van der Waals surface area contributed by atoms with Crippen molar-refractivity contribution in [1.82, 2.24) is 24.9 Å². The van der Waals surface area contributed by atoms with Crippen LogP contribution in [-0.2, 0) is 11.3 Å². The molecule has 0 aromatic carbocycles. The van der Waals surface area contributed by atoms with Gasteiger partial charge in [0.15, 0.2) is 0 Å². The zero-order chi connectivity index (χ0) is 18.0. The molecule has 25 heavy (non-hydrogen) atoms. The van der Waals surface area contributed by atoms with Gasteiger partial charge in [0.1, 0.15) is 17.8 Å². The molecule has 0 saturated carbocycles. The predicted molar refractivity (Wildman–Crippen MR) is 93.4 cm³/mol. The van der Waals surface area contributed by atoms with Crippen LogP contribution in [0.4, 0.5) is 0 Å². The van der Waals surface area contributed by atoms with Crippen LogP contribution in [0.2, 0.25) is 0 Å². The van der Waals surface area contributed by atoms with E-state index in [9.17, 15) is 9.59 Å². The van der Waals surface area contributed by atoms with Gasteiger partial charge in [0.2, 0.25) is 5.91 Å². The van der Waals surface area contributed by atoms with Crippen molar-refractivity contribution in [2.24, 2.45) is 0 Å². The SMILES string of the molecule is Cc1noc2nc(C)n(CC(=O)NCC[C@@H](C)N3CCCC3)c(=O)c12. The largest absolute Gasteiger partial charge is 0.354 e. The fourth-order valence-electron chi connectivity index (χ4n) is 3.34. The number of hydrogen-bond donors (Lipinski definition) is 1. The molecule has 0 unspecified atom stereocenters. The van der Waals surface area contributed by atoms with E-state index in [4.69, 9.17) is 4.52 Å². The lowest BCUT2D eigenvalue weighted by Crippen LogP contribution is -2.37. The number of amides is 1. The van der Waals surface area contributed by atoms with Gasteiger partial charge in [-0.25, -0.2) is 0 Å². The van der Waals surface area contributed by atoms with Gasteiger partial charge in [0.05, 0.1) is 5.69 Å². The van der Waals surface area contributed by atoms with Gasteiger partial charge in [-0.3, -0.25) is 14.2 Å². The summed E-state index contributed by atoms with van der Waals surface area (Å²) in [6.45, 7) is 8.41. The van der Waals surface area contributed by atoms with Crippen molar-refractivity contribution >= 4 is 17.0 Å². The molecule has 8 nitrogen and oxygen atoms in total. The summed E-state index contributed by atoms with van der Waals surface area (Å²) in [5, 5.41) is 7.01. The zero-order valence-electron chi connectivity index (χ0n) is 15.0. The van der Waals surface area contributed by atoms with E-state index in [-0.39, 0.29) is 23.7 Å². The van der Waals surface area contributed by atoms with Gasteiger partial charge >= 0.3 is 0 Å². The molecular weight excluding hydrogens is 322 g/mol. The lowest BCUT2D eigenvalue weighted by molar-refractivity contribution is -0.121. The molecule has 0 aliphatic carbocycles. The van der Waals surface area contributed by atoms with Crippen LogP contribution >= 0.6 is 0 Å². The van der Waals surface area contributed by atoms with Crippen LogP contribution < -0.4 is 10.9 Å². The first kappa shape index (κ1) is 17.6. The van der Waals surface area contributed by atoms with E-state index in [1.807, 2.05) is 0 Å². The van der Waals surface area contributed by atoms with Gasteiger partial charge in [-0.05, 0) is 53.1 Å². The minimum atomic E-state index is -0.290. The molecule has 3 rings (SSSR count). The smallest absolute Gasteiger partial charge is 0.267 e. The maximum atomic E-state index is 12.6. The van der Waals surface area contributed by atoms with Crippen LogP contribution in [-0.4, -0.2) is 51.2 Å². The molecule has 1 aliphatic rings. The highest BCUT2D eigenvalue weighted by Gasteiger charge is 2.19. The Morgan fingerprint density at radius 2 is 2.04 bits per heavy atom. The number of carbonyl (C=O) groups is 1. The number of likely N-dealkylation sites (tertiary alicyclic amines) is 1. The first-order valence-corrected chi connectivity index (χ1v) is 8.81. The Balaban J connectivity index is 1.60. The summed E-state index contributed by atoms with van der Waals surface area (Å²) in [5.41, 5.74) is 0.416. The average molecular weight is 347 g/mol. The summed E-state index contributed by atoms with van der Waals surface area (Å²) in [6, 6.07) is 0.463. The second-order valence-corrected chi connectivity index (χ2v) is 6.73. The second kappa shape index (κ2) is 7.35. The molecule has 8 heteroatoms. The van der Waals surface area contributed by atoms with Gasteiger partial charge in [0.25, 0.3) is 11.3 Å². The van der Waals surface area contributed by atoms with Crippen LogP contribution in [0.5, 0.6) is 0 Å². The van der Waals surface area contributed by atoms with Crippen molar-refractivity contribution < 1.29 is 9.32 Å². The Kier molecular flexibility index (Phi) is 5.17. The Labute approximate surface area is 146 Å². The van der Waals surface area contributed by atoms with Gasteiger partial charge in [-0.2, -0.15) is 4.98 Å². The highest BCUT2D eigenvalue weighted by molar-refractivity contribution is 5.77. The molecule has 136 valence electrons. The third-order valence-corrected chi connectivity index (χ3v) is 4.91. The molecule has 2 aromatic rings. The minimum Gasteiger partial charge on any atom is -0.354 e. The van der Waals surface area contributed by atoms with Crippen LogP contribution in [0.3, 0.4) is 0 Å². The van der Waals surface area contributed by atoms with E-state index in [0.717, 1.165) is 19.5 Å². The summed E-state index contributed by atoms with van der Waals surface area (Å²) in [7, 11) is 0. The number of hydrogen-bond acceptors (Lipinski definition) is 6.